The number of hydrogen-bond acceptors (Lipinski definition) is 1. The zero-order valence-corrected chi connectivity index (χ0v) is 11.9. The highest BCUT2D eigenvalue weighted by Gasteiger charge is 2.09. The number of halogens is 1. The van der Waals surface area contributed by atoms with Gasteiger partial charge in [0.2, 0.25) is 0 Å². The standard InChI is InChI=1S/C15H16ClN3/c1-3-19-13(9-11(2)17-19)10-18-8-7-12-5-4-6-14(16)15(12)18/h4-9H,3,10H2,1-2H3. The first kappa shape index (κ1) is 12.3. The lowest BCUT2D eigenvalue weighted by Crippen LogP contribution is -2.07. The van der Waals surface area contributed by atoms with E-state index in [1.807, 2.05) is 23.7 Å². The Morgan fingerprint density at radius 1 is 1.26 bits per heavy atom. The van der Waals surface area contributed by atoms with Gasteiger partial charge in [0.25, 0.3) is 0 Å². The minimum absolute atomic E-state index is 0.793. The molecule has 0 aliphatic carbocycles. The number of benzene rings is 1. The Bertz CT molecular complexity index is 724. The van der Waals surface area contributed by atoms with E-state index in [9.17, 15) is 0 Å². The number of nitrogens with zero attached hydrogens (tertiary/aromatic N) is 3. The molecule has 0 amide bonds. The normalized spacial score (nSPS) is 11.3. The third kappa shape index (κ3) is 2.15. The summed E-state index contributed by atoms with van der Waals surface area (Å²) in [4.78, 5) is 0. The van der Waals surface area contributed by atoms with Crippen LogP contribution in [0.15, 0.2) is 36.5 Å². The summed E-state index contributed by atoms with van der Waals surface area (Å²) in [7, 11) is 0. The van der Waals surface area contributed by atoms with Crippen LogP contribution in [0.25, 0.3) is 10.9 Å². The molecule has 1 aromatic carbocycles. The molecule has 0 fully saturated rings. The topological polar surface area (TPSA) is 22.8 Å². The van der Waals surface area contributed by atoms with Crippen molar-refractivity contribution < 1.29 is 0 Å². The van der Waals surface area contributed by atoms with E-state index in [1.54, 1.807) is 0 Å². The van der Waals surface area contributed by atoms with E-state index in [-0.39, 0.29) is 0 Å². The first-order chi connectivity index (χ1) is 9.19. The average molecular weight is 274 g/mol. The second-order valence-electron chi connectivity index (χ2n) is 4.71. The van der Waals surface area contributed by atoms with Crippen LogP contribution in [0, 0.1) is 6.92 Å². The molecule has 0 spiro atoms. The monoisotopic (exact) mass is 273 g/mol. The van der Waals surface area contributed by atoms with Crippen LogP contribution >= 0.6 is 11.6 Å². The van der Waals surface area contributed by atoms with Gasteiger partial charge in [0.15, 0.2) is 0 Å². The molecule has 2 heterocycles. The van der Waals surface area contributed by atoms with Gasteiger partial charge < -0.3 is 4.57 Å². The molecular formula is C15H16ClN3. The van der Waals surface area contributed by atoms with Gasteiger partial charge in [0.05, 0.1) is 28.5 Å². The molecule has 0 unspecified atom stereocenters. The van der Waals surface area contributed by atoms with Crippen molar-refractivity contribution in [2.75, 3.05) is 0 Å². The Balaban J connectivity index is 2.06. The molecule has 98 valence electrons. The molecule has 3 nitrogen and oxygen atoms in total. The summed E-state index contributed by atoms with van der Waals surface area (Å²) in [6, 6.07) is 10.2. The zero-order chi connectivity index (χ0) is 13.4. The van der Waals surface area contributed by atoms with E-state index >= 15 is 0 Å². The lowest BCUT2D eigenvalue weighted by atomic mass is 10.2. The molecule has 0 bridgehead atoms. The highest BCUT2D eigenvalue weighted by atomic mass is 35.5. The molecule has 0 saturated carbocycles. The summed E-state index contributed by atoms with van der Waals surface area (Å²) in [5.41, 5.74) is 3.35. The third-order valence-corrected chi connectivity index (χ3v) is 3.66. The lowest BCUT2D eigenvalue weighted by molar-refractivity contribution is 0.602. The van der Waals surface area contributed by atoms with Crippen molar-refractivity contribution in [1.82, 2.24) is 14.3 Å². The van der Waals surface area contributed by atoms with E-state index in [4.69, 9.17) is 11.6 Å². The highest BCUT2D eigenvalue weighted by Crippen LogP contribution is 2.25. The zero-order valence-electron chi connectivity index (χ0n) is 11.1. The Morgan fingerprint density at radius 2 is 2.11 bits per heavy atom. The van der Waals surface area contributed by atoms with Crippen LogP contribution in [-0.2, 0) is 13.1 Å². The molecule has 0 aliphatic heterocycles. The second-order valence-corrected chi connectivity index (χ2v) is 5.12. The maximum Gasteiger partial charge on any atom is 0.0673 e. The fraction of sp³-hybridized carbons (Fsp3) is 0.267. The molecule has 0 aliphatic rings. The molecule has 0 atom stereocenters. The van der Waals surface area contributed by atoms with Gasteiger partial charge in [-0.25, -0.2) is 0 Å². The molecule has 3 rings (SSSR count). The van der Waals surface area contributed by atoms with Crippen molar-refractivity contribution >= 4 is 22.5 Å². The smallest absolute Gasteiger partial charge is 0.0673 e. The van der Waals surface area contributed by atoms with E-state index in [0.717, 1.165) is 29.3 Å². The summed E-state index contributed by atoms with van der Waals surface area (Å²) < 4.78 is 4.22. The van der Waals surface area contributed by atoms with Gasteiger partial charge in [-0.1, -0.05) is 23.7 Å². The van der Waals surface area contributed by atoms with Crippen LogP contribution in [0.2, 0.25) is 5.02 Å². The van der Waals surface area contributed by atoms with Crippen LogP contribution in [0.5, 0.6) is 0 Å². The van der Waals surface area contributed by atoms with Gasteiger partial charge in [0.1, 0.15) is 0 Å². The fourth-order valence-electron chi connectivity index (χ4n) is 2.52. The van der Waals surface area contributed by atoms with Gasteiger partial charge in [-0.3, -0.25) is 4.68 Å². The molecule has 2 aromatic heterocycles. The van der Waals surface area contributed by atoms with Crippen molar-refractivity contribution in [2.45, 2.75) is 26.9 Å². The van der Waals surface area contributed by atoms with Crippen molar-refractivity contribution in [3.05, 3.63) is 52.9 Å². The molecule has 3 aromatic rings. The van der Waals surface area contributed by atoms with Crippen LogP contribution in [0.4, 0.5) is 0 Å². The summed E-state index contributed by atoms with van der Waals surface area (Å²) in [5.74, 6) is 0. The van der Waals surface area contributed by atoms with Crippen LogP contribution in [0.1, 0.15) is 18.3 Å². The van der Waals surface area contributed by atoms with E-state index < -0.39 is 0 Å². The first-order valence-electron chi connectivity index (χ1n) is 6.45. The summed E-state index contributed by atoms with van der Waals surface area (Å²) in [6.45, 7) is 5.81. The van der Waals surface area contributed by atoms with Crippen molar-refractivity contribution in [3.63, 3.8) is 0 Å². The van der Waals surface area contributed by atoms with E-state index in [0.29, 0.717) is 0 Å². The van der Waals surface area contributed by atoms with Crippen LogP contribution in [0.3, 0.4) is 0 Å². The molecule has 0 radical (unpaired) electrons. The second kappa shape index (κ2) is 4.74. The number of aryl methyl sites for hydroxylation is 2. The number of fused-ring (bicyclic) bond motifs is 1. The molecule has 4 heteroatoms. The Kier molecular flexibility index (Phi) is 3.07. The SMILES string of the molecule is CCn1nc(C)cc1Cn1ccc2cccc(Cl)c21. The highest BCUT2D eigenvalue weighted by molar-refractivity contribution is 6.35. The van der Waals surface area contributed by atoms with Crippen LogP contribution in [-0.4, -0.2) is 14.3 Å². The van der Waals surface area contributed by atoms with Gasteiger partial charge in [-0.15, -0.1) is 0 Å². The number of hydrogen-bond donors (Lipinski definition) is 0. The average Bonchev–Trinajstić information content (AvgIpc) is 2.95. The van der Waals surface area contributed by atoms with Crippen molar-refractivity contribution in [1.29, 1.82) is 0 Å². The number of rotatable bonds is 3. The number of para-hydroxylation sites is 1. The quantitative estimate of drug-likeness (QED) is 0.710. The van der Waals surface area contributed by atoms with Crippen molar-refractivity contribution in [3.8, 4) is 0 Å². The van der Waals surface area contributed by atoms with Gasteiger partial charge >= 0.3 is 0 Å². The molecular weight excluding hydrogens is 258 g/mol. The minimum atomic E-state index is 0.793. The Morgan fingerprint density at radius 3 is 2.89 bits per heavy atom. The van der Waals surface area contributed by atoms with Gasteiger partial charge in [-0.2, -0.15) is 5.10 Å². The van der Waals surface area contributed by atoms with Gasteiger partial charge in [0, 0.05) is 18.1 Å². The molecule has 0 N–H and O–H groups in total. The fourth-order valence-corrected chi connectivity index (χ4v) is 2.81. The predicted octanol–water partition coefficient (Wildman–Crippen LogP) is 3.87. The van der Waals surface area contributed by atoms with Crippen LogP contribution < -0.4 is 0 Å². The predicted molar refractivity (Wildman–Crippen MR) is 78.7 cm³/mol. The Hall–Kier alpha value is -1.74. The van der Waals surface area contributed by atoms with Gasteiger partial charge in [-0.05, 0) is 32.0 Å². The van der Waals surface area contributed by atoms with E-state index in [2.05, 4.69) is 41.0 Å². The molecule has 0 saturated heterocycles. The number of aromatic nitrogens is 3. The van der Waals surface area contributed by atoms with E-state index in [1.165, 1.54) is 11.1 Å². The third-order valence-electron chi connectivity index (χ3n) is 3.36. The Labute approximate surface area is 117 Å². The maximum atomic E-state index is 6.31. The summed E-state index contributed by atoms with van der Waals surface area (Å²) in [6.07, 6.45) is 2.08. The summed E-state index contributed by atoms with van der Waals surface area (Å²) in [5, 5.41) is 6.45. The largest absolute Gasteiger partial charge is 0.340 e. The first-order valence-corrected chi connectivity index (χ1v) is 6.83. The maximum absolute atomic E-state index is 6.31. The lowest BCUT2D eigenvalue weighted by Gasteiger charge is -2.08. The minimum Gasteiger partial charge on any atom is -0.340 e. The van der Waals surface area contributed by atoms with Crippen molar-refractivity contribution in [2.24, 2.45) is 0 Å². The summed E-state index contributed by atoms with van der Waals surface area (Å²) >= 11 is 6.31. The molecule has 19 heavy (non-hydrogen) atoms.